The average Bonchev–Trinajstić information content (AvgIpc) is 2.69. The largest absolute Gasteiger partial charge is 0.340 e. The Bertz CT molecular complexity index is 564. The van der Waals surface area contributed by atoms with E-state index < -0.39 is 9.84 Å². The Morgan fingerprint density at radius 1 is 1.59 bits per heavy atom. The molecule has 1 aromatic heterocycles. The van der Waals surface area contributed by atoms with E-state index in [2.05, 4.69) is 9.97 Å². The van der Waals surface area contributed by atoms with Gasteiger partial charge in [-0.25, -0.2) is 18.4 Å². The molecule has 6 nitrogen and oxygen atoms in total. The minimum Gasteiger partial charge on any atom is -0.340 e. The van der Waals surface area contributed by atoms with Crippen LogP contribution in [0.5, 0.6) is 0 Å². The van der Waals surface area contributed by atoms with Crippen LogP contribution < -0.4 is 4.90 Å². The van der Waals surface area contributed by atoms with Crippen molar-refractivity contribution >= 4 is 15.8 Å². The zero-order valence-corrected chi connectivity index (χ0v) is 10.2. The summed E-state index contributed by atoms with van der Waals surface area (Å²) < 4.78 is 22.8. The van der Waals surface area contributed by atoms with Crippen molar-refractivity contribution < 1.29 is 8.42 Å². The lowest BCUT2D eigenvalue weighted by atomic mass is 10.2. The highest BCUT2D eigenvalue weighted by molar-refractivity contribution is 7.91. The molecule has 0 aliphatic carbocycles. The van der Waals surface area contributed by atoms with Crippen LogP contribution in [-0.2, 0) is 9.84 Å². The first-order chi connectivity index (χ1) is 8.02. The molecule has 2 heterocycles. The normalized spacial score (nSPS) is 22.0. The van der Waals surface area contributed by atoms with Crippen molar-refractivity contribution in [2.45, 2.75) is 12.5 Å². The summed E-state index contributed by atoms with van der Waals surface area (Å²) >= 11 is 0. The zero-order valence-electron chi connectivity index (χ0n) is 9.37. The van der Waals surface area contributed by atoms with Gasteiger partial charge in [-0.3, -0.25) is 0 Å². The van der Waals surface area contributed by atoms with Gasteiger partial charge < -0.3 is 4.90 Å². The molecular formula is C10H12N4O2S. The number of hydrogen-bond donors (Lipinski definition) is 0. The monoisotopic (exact) mass is 252 g/mol. The fraction of sp³-hybridized carbons (Fsp3) is 0.500. The molecule has 0 aromatic carbocycles. The maximum atomic E-state index is 11.4. The van der Waals surface area contributed by atoms with Gasteiger partial charge in [-0.05, 0) is 12.5 Å². The Hall–Kier alpha value is -1.68. The van der Waals surface area contributed by atoms with Crippen LogP contribution in [0.4, 0.5) is 5.95 Å². The van der Waals surface area contributed by atoms with Gasteiger partial charge in [0, 0.05) is 19.3 Å². The van der Waals surface area contributed by atoms with Crippen molar-refractivity contribution in [1.29, 1.82) is 5.26 Å². The molecule has 0 radical (unpaired) electrons. The molecule has 0 N–H and O–H groups in total. The fourth-order valence-electron chi connectivity index (χ4n) is 1.82. The van der Waals surface area contributed by atoms with E-state index in [1.165, 1.54) is 12.3 Å². The first-order valence-electron chi connectivity index (χ1n) is 5.18. The number of hydrogen-bond acceptors (Lipinski definition) is 6. The van der Waals surface area contributed by atoms with Crippen molar-refractivity contribution in [3.63, 3.8) is 0 Å². The van der Waals surface area contributed by atoms with E-state index in [9.17, 15) is 8.42 Å². The van der Waals surface area contributed by atoms with Gasteiger partial charge >= 0.3 is 0 Å². The first kappa shape index (κ1) is 11.8. The van der Waals surface area contributed by atoms with Crippen molar-refractivity contribution in [2.75, 3.05) is 23.5 Å². The summed E-state index contributed by atoms with van der Waals surface area (Å²) in [7, 11) is -1.17. The fourth-order valence-corrected chi connectivity index (χ4v) is 3.60. The van der Waals surface area contributed by atoms with Gasteiger partial charge in [-0.1, -0.05) is 0 Å². The van der Waals surface area contributed by atoms with E-state index >= 15 is 0 Å². The van der Waals surface area contributed by atoms with Crippen LogP contribution in [0.3, 0.4) is 0 Å². The maximum Gasteiger partial charge on any atom is 0.226 e. The standard InChI is InChI=1S/C10H12N4O2S/c1-14(9-3-5-17(15,16)7-9)10-12-4-2-8(6-11)13-10/h2,4,9H,3,5,7H2,1H3. The van der Waals surface area contributed by atoms with Crippen LogP contribution in [0, 0.1) is 11.3 Å². The van der Waals surface area contributed by atoms with Gasteiger partial charge in [0.1, 0.15) is 11.8 Å². The van der Waals surface area contributed by atoms with Crippen LogP contribution in [0.2, 0.25) is 0 Å². The highest BCUT2D eigenvalue weighted by Gasteiger charge is 2.31. The number of sulfone groups is 1. The Kier molecular flexibility index (Phi) is 2.98. The Morgan fingerprint density at radius 2 is 2.35 bits per heavy atom. The molecule has 17 heavy (non-hydrogen) atoms. The van der Waals surface area contributed by atoms with Gasteiger partial charge in [-0.15, -0.1) is 0 Å². The van der Waals surface area contributed by atoms with Crippen LogP contribution in [-0.4, -0.2) is 43.0 Å². The highest BCUT2D eigenvalue weighted by atomic mass is 32.2. The SMILES string of the molecule is CN(c1nccc(C#N)n1)C1CCS(=O)(=O)C1. The lowest BCUT2D eigenvalue weighted by Gasteiger charge is -2.22. The average molecular weight is 252 g/mol. The third-order valence-electron chi connectivity index (χ3n) is 2.83. The molecule has 0 amide bonds. The summed E-state index contributed by atoms with van der Waals surface area (Å²) in [6, 6.07) is 3.35. The second kappa shape index (κ2) is 4.30. The molecule has 90 valence electrons. The van der Waals surface area contributed by atoms with Crippen LogP contribution in [0.25, 0.3) is 0 Å². The molecule has 7 heteroatoms. The predicted octanol–water partition coefficient (Wildman–Crippen LogP) is -0.0284. The molecule has 0 bridgehead atoms. The molecule has 1 saturated heterocycles. The zero-order chi connectivity index (χ0) is 12.5. The smallest absolute Gasteiger partial charge is 0.226 e. The molecule has 1 unspecified atom stereocenters. The molecule has 0 saturated carbocycles. The van der Waals surface area contributed by atoms with Crippen molar-refractivity contribution in [2.24, 2.45) is 0 Å². The van der Waals surface area contributed by atoms with E-state index in [0.717, 1.165) is 0 Å². The summed E-state index contributed by atoms with van der Waals surface area (Å²) in [4.78, 5) is 9.82. The number of rotatable bonds is 2. The first-order valence-corrected chi connectivity index (χ1v) is 7.00. The number of anilines is 1. The summed E-state index contributed by atoms with van der Waals surface area (Å²) in [5, 5.41) is 8.74. The van der Waals surface area contributed by atoms with Crippen LogP contribution in [0.15, 0.2) is 12.3 Å². The molecule has 2 rings (SSSR count). The van der Waals surface area contributed by atoms with E-state index in [4.69, 9.17) is 5.26 Å². The van der Waals surface area contributed by atoms with Gasteiger partial charge in [0.15, 0.2) is 9.84 Å². The minimum atomic E-state index is -2.93. The van der Waals surface area contributed by atoms with E-state index in [-0.39, 0.29) is 23.2 Å². The highest BCUT2D eigenvalue weighted by Crippen LogP contribution is 2.19. The summed E-state index contributed by atoms with van der Waals surface area (Å²) in [6.07, 6.45) is 2.08. The lowest BCUT2D eigenvalue weighted by molar-refractivity contribution is 0.600. The number of nitrogens with zero attached hydrogens (tertiary/aromatic N) is 4. The van der Waals surface area contributed by atoms with Gasteiger partial charge in [-0.2, -0.15) is 5.26 Å². The molecule has 1 aromatic rings. The Morgan fingerprint density at radius 3 is 2.94 bits per heavy atom. The lowest BCUT2D eigenvalue weighted by Crippen LogP contribution is -2.33. The van der Waals surface area contributed by atoms with Crippen molar-refractivity contribution in [3.8, 4) is 6.07 Å². The van der Waals surface area contributed by atoms with Crippen molar-refractivity contribution in [3.05, 3.63) is 18.0 Å². The van der Waals surface area contributed by atoms with E-state index in [1.807, 2.05) is 6.07 Å². The quantitative estimate of drug-likeness (QED) is 0.734. The second-order valence-electron chi connectivity index (χ2n) is 4.02. The molecule has 1 atom stereocenters. The summed E-state index contributed by atoms with van der Waals surface area (Å²) in [6.45, 7) is 0. The molecular weight excluding hydrogens is 240 g/mol. The molecule has 1 fully saturated rings. The van der Waals surface area contributed by atoms with E-state index in [1.54, 1.807) is 11.9 Å². The van der Waals surface area contributed by atoms with Gasteiger partial charge in [0.2, 0.25) is 5.95 Å². The second-order valence-corrected chi connectivity index (χ2v) is 6.25. The van der Waals surface area contributed by atoms with E-state index in [0.29, 0.717) is 12.4 Å². The molecule has 0 spiro atoms. The van der Waals surface area contributed by atoms with Crippen molar-refractivity contribution in [1.82, 2.24) is 9.97 Å². The van der Waals surface area contributed by atoms with Gasteiger partial charge in [0.05, 0.1) is 11.5 Å². The third kappa shape index (κ3) is 2.53. The topological polar surface area (TPSA) is 86.9 Å². The summed E-state index contributed by atoms with van der Waals surface area (Å²) in [5.74, 6) is 0.731. The van der Waals surface area contributed by atoms with Crippen LogP contribution >= 0.6 is 0 Å². The van der Waals surface area contributed by atoms with Crippen LogP contribution in [0.1, 0.15) is 12.1 Å². The third-order valence-corrected chi connectivity index (χ3v) is 4.58. The Balaban J connectivity index is 2.20. The predicted molar refractivity (Wildman–Crippen MR) is 62.2 cm³/mol. The van der Waals surface area contributed by atoms with Gasteiger partial charge in [0.25, 0.3) is 0 Å². The minimum absolute atomic E-state index is 0.103. The molecule has 1 aliphatic rings. The summed E-state index contributed by atoms with van der Waals surface area (Å²) in [5.41, 5.74) is 0.280. The maximum absolute atomic E-state index is 11.4. The Labute approximate surface area is 99.8 Å². The molecule has 1 aliphatic heterocycles. The number of aromatic nitrogens is 2. The number of nitriles is 1.